The van der Waals surface area contributed by atoms with Crippen LogP contribution < -0.4 is 0 Å². The summed E-state index contributed by atoms with van der Waals surface area (Å²) in [5, 5.41) is 0.705. The van der Waals surface area contributed by atoms with Crippen molar-refractivity contribution < 1.29 is 14.3 Å². The fourth-order valence-corrected chi connectivity index (χ4v) is 4.63. The van der Waals surface area contributed by atoms with Gasteiger partial charge in [-0.2, -0.15) is 0 Å². The number of carbonyl (C=O) groups is 2. The molecule has 0 radical (unpaired) electrons. The van der Waals surface area contributed by atoms with Crippen LogP contribution in [0.3, 0.4) is 0 Å². The summed E-state index contributed by atoms with van der Waals surface area (Å²) >= 11 is 7.59. The molecule has 0 aliphatic carbocycles. The van der Waals surface area contributed by atoms with Crippen molar-refractivity contribution in [3.63, 3.8) is 0 Å². The Labute approximate surface area is 168 Å². The molecular formula is C21H22ClNO3S. The van der Waals surface area contributed by atoms with E-state index in [0.29, 0.717) is 23.7 Å². The van der Waals surface area contributed by atoms with E-state index in [-0.39, 0.29) is 17.1 Å². The van der Waals surface area contributed by atoms with Crippen LogP contribution in [0.15, 0.2) is 54.6 Å². The van der Waals surface area contributed by atoms with Gasteiger partial charge in [0.1, 0.15) is 6.04 Å². The molecule has 0 N–H and O–H groups in total. The number of likely N-dealkylation sites (tertiary alicyclic amines) is 1. The summed E-state index contributed by atoms with van der Waals surface area (Å²) < 4.78 is 4.84. The summed E-state index contributed by atoms with van der Waals surface area (Å²) in [4.78, 5) is 26.3. The Morgan fingerprint density at radius 1 is 1.15 bits per heavy atom. The zero-order valence-electron chi connectivity index (χ0n) is 15.1. The van der Waals surface area contributed by atoms with E-state index in [2.05, 4.69) is 12.1 Å². The SMILES string of the molecule is COC(=O)C1CCCN1C(=O)CSC(c1ccccc1)c1ccc(Cl)cc1. The van der Waals surface area contributed by atoms with E-state index in [1.807, 2.05) is 42.5 Å². The molecule has 0 spiro atoms. The molecule has 6 heteroatoms. The van der Waals surface area contributed by atoms with E-state index in [4.69, 9.17) is 16.3 Å². The largest absolute Gasteiger partial charge is 0.467 e. The molecular weight excluding hydrogens is 382 g/mol. The fourth-order valence-electron chi connectivity index (χ4n) is 3.33. The molecule has 2 unspecified atom stereocenters. The Bertz CT molecular complexity index is 782. The summed E-state index contributed by atoms with van der Waals surface area (Å²) in [6, 6.07) is 17.3. The minimum atomic E-state index is -0.450. The smallest absolute Gasteiger partial charge is 0.328 e. The first-order chi connectivity index (χ1) is 13.1. The van der Waals surface area contributed by atoms with Crippen LogP contribution in [0, 0.1) is 0 Å². The summed E-state index contributed by atoms with van der Waals surface area (Å²) in [5.41, 5.74) is 2.22. The first kappa shape index (κ1) is 19.8. The third-order valence-electron chi connectivity index (χ3n) is 4.69. The van der Waals surface area contributed by atoms with Gasteiger partial charge in [0.15, 0.2) is 0 Å². The molecule has 1 saturated heterocycles. The van der Waals surface area contributed by atoms with Gasteiger partial charge in [-0.3, -0.25) is 4.79 Å². The number of esters is 1. The van der Waals surface area contributed by atoms with E-state index >= 15 is 0 Å². The van der Waals surface area contributed by atoms with Gasteiger partial charge < -0.3 is 9.64 Å². The lowest BCUT2D eigenvalue weighted by atomic mass is 10.0. The maximum absolute atomic E-state index is 12.8. The number of hydrogen-bond donors (Lipinski definition) is 0. The number of rotatable bonds is 6. The van der Waals surface area contributed by atoms with Gasteiger partial charge >= 0.3 is 5.97 Å². The summed E-state index contributed by atoms with van der Waals surface area (Å²) in [7, 11) is 1.37. The highest BCUT2D eigenvalue weighted by Crippen LogP contribution is 2.36. The maximum Gasteiger partial charge on any atom is 0.328 e. The standard InChI is InChI=1S/C21H22ClNO3S/c1-26-21(25)18-8-5-13-23(18)19(24)14-27-20(15-6-3-2-4-7-15)16-9-11-17(22)12-10-16/h2-4,6-7,9-12,18,20H,5,8,13-14H2,1H3. The molecule has 2 atom stereocenters. The van der Waals surface area contributed by atoms with Gasteiger partial charge in [0.2, 0.25) is 5.91 Å². The van der Waals surface area contributed by atoms with Crippen LogP contribution in [0.1, 0.15) is 29.2 Å². The summed E-state index contributed by atoms with van der Waals surface area (Å²) in [6.45, 7) is 0.607. The molecule has 27 heavy (non-hydrogen) atoms. The Balaban J connectivity index is 1.74. The van der Waals surface area contributed by atoms with Crippen LogP contribution in [0.5, 0.6) is 0 Å². The lowest BCUT2D eigenvalue weighted by Gasteiger charge is -2.24. The van der Waals surface area contributed by atoms with Crippen LogP contribution in [-0.2, 0) is 14.3 Å². The number of nitrogens with zero attached hydrogens (tertiary/aromatic N) is 1. The molecule has 1 heterocycles. The number of benzene rings is 2. The molecule has 1 aliphatic heterocycles. The van der Waals surface area contributed by atoms with Crippen LogP contribution >= 0.6 is 23.4 Å². The second-order valence-electron chi connectivity index (χ2n) is 6.42. The van der Waals surface area contributed by atoms with Gasteiger partial charge in [-0.05, 0) is 36.1 Å². The molecule has 0 aromatic heterocycles. The van der Waals surface area contributed by atoms with Crippen molar-refractivity contribution in [3.05, 3.63) is 70.7 Å². The number of amides is 1. The van der Waals surface area contributed by atoms with Crippen molar-refractivity contribution >= 4 is 35.2 Å². The number of carbonyl (C=O) groups excluding carboxylic acids is 2. The normalized spacial score (nSPS) is 17.6. The average Bonchev–Trinajstić information content (AvgIpc) is 3.19. The van der Waals surface area contributed by atoms with Crippen molar-refractivity contribution in [3.8, 4) is 0 Å². The van der Waals surface area contributed by atoms with E-state index in [9.17, 15) is 9.59 Å². The van der Waals surface area contributed by atoms with E-state index < -0.39 is 6.04 Å². The Morgan fingerprint density at radius 2 is 1.81 bits per heavy atom. The quantitative estimate of drug-likeness (QED) is 0.673. The Kier molecular flexibility index (Phi) is 6.80. The Morgan fingerprint density at radius 3 is 2.48 bits per heavy atom. The molecule has 0 bridgehead atoms. The first-order valence-electron chi connectivity index (χ1n) is 8.89. The van der Waals surface area contributed by atoms with Gasteiger partial charge in [0.25, 0.3) is 0 Å². The summed E-state index contributed by atoms with van der Waals surface area (Å²) in [5.74, 6) is -0.0543. The lowest BCUT2D eigenvalue weighted by molar-refractivity contribution is -0.150. The number of methoxy groups -OCH3 is 1. The highest BCUT2D eigenvalue weighted by atomic mass is 35.5. The molecule has 1 fully saturated rings. The topological polar surface area (TPSA) is 46.6 Å². The molecule has 2 aromatic carbocycles. The molecule has 142 valence electrons. The third-order valence-corrected chi connectivity index (χ3v) is 6.24. The molecule has 3 rings (SSSR count). The Hall–Kier alpha value is -1.98. The van der Waals surface area contributed by atoms with Crippen molar-refractivity contribution in [2.24, 2.45) is 0 Å². The predicted octanol–water partition coefficient (Wildman–Crippen LogP) is 4.33. The highest BCUT2D eigenvalue weighted by Gasteiger charge is 2.34. The molecule has 1 amide bonds. The van der Waals surface area contributed by atoms with Gasteiger partial charge in [0, 0.05) is 11.6 Å². The van der Waals surface area contributed by atoms with Crippen molar-refractivity contribution in [1.82, 2.24) is 4.90 Å². The second-order valence-corrected chi connectivity index (χ2v) is 7.95. The maximum atomic E-state index is 12.8. The highest BCUT2D eigenvalue weighted by molar-refractivity contribution is 8.00. The van der Waals surface area contributed by atoms with Crippen LogP contribution in [0.2, 0.25) is 5.02 Å². The fraction of sp³-hybridized carbons (Fsp3) is 0.333. The van der Waals surface area contributed by atoms with Crippen LogP contribution in [-0.4, -0.2) is 42.2 Å². The molecule has 1 aliphatic rings. The number of ether oxygens (including phenoxy) is 1. The van der Waals surface area contributed by atoms with E-state index in [0.717, 1.165) is 17.5 Å². The van der Waals surface area contributed by atoms with Gasteiger partial charge in [-0.25, -0.2) is 4.79 Å². The van der Waals surface area contributed by atoms with Gasteiger partial charge in [-0.15, -0.1) is 11.8 Å². The van der Waals surface area contributed by atoms with Crippen molar-refractivity contribution in [1.29, 1.82) is 0 Å². The number of thioether (sulfide) groups is 1. The second kappa shape index (κ2) is 9.29. The zero-order chi connectivity index (χ0) is 19.2. The van der Waals surface area contributed by atoms with Crippen molar-refractivity contribution in [2.45, 2.75) is 24.1 Å². The molecule has 2 aromatic rings. The first-order valence-corrected chi connectivity index (χ1v) is 10.3. The lowest BCUT2D eigenvalue weighted by Crippen LogP contribution is -2.42. The van der Waals surface area contributed by atoms with Crippen molar-refractivity contribution in [2.75, 3.05) is 19.4 Å². The van der Waals surface area contributed by atoms with E-state index in [1.54, 1.807) is 16.7 Å². The average molecular weight is 404 g/mol. The predicted molar refractivity (Wildman–Crippen MR) is 109 cm³/mol. The molecule has 0 saturated carbocycles. The number of halogens is 1. The van der Waals surface area contributed by atoms with Crippen LogP contribution in [0.4, 0.5) is 0 Å². The minimum absolute atomic E-state index is 0.0200. The van der Waals surface area contributed by atoms with Gasteiger partial charge in [0.05, 0.1) is 18.1 Å². The minimum Gasteiger partial charge on any atom is -0.467 e. The monoisotopic (exact) mass is 403 g/mol. The van der Waals surface area contributed by atoms with Gasteiger partial charge in [-0.1, -0.05) is 54.1 Å². The van der Waals surface area contributed by atoms with E-state index in [1.165, 1.54) is 7.11 Å². The van der Waals surface area contributed by atoms with Crippen LogP contribution in [0.25, 0.3) is 0 Å². The zero-order valence-corrected chi connectivity index (χ0v) is 16.7. The third kappa shape index (κ3) is 4.85. The summed E-state index contributed by atoms with van der Waals surface area (Å²) in [6.07, 6.45) is 1.50. The molecule has 4 nitrogen and oxygen atoms in total. The number of hydrogen-bond acceptors (Lipinski definition) is 4.